The first-order valence-electron chi connectivity index (χ1n) is 8.17. The van der Waals surface area contributed by atoms with Crippen LogP contribution < -0.4 is 4.74 Å². The number of fused-ring (bicyclic) bond motifs is 3. The Hall–Kier alpha value is -1.96. The van der Waals surface area contributed by atoms with Gasteiger partial charge in [0.05, 0.1) is 6.61 Å². The van der Waals surface area contributed by atoms with Crippen LogP contribution in [0.25, 0.3) is 21.9 Å². The van der Waals surface area contributed by atoms with E-state index in [2.05, 4.69) is 52.0 Å². The second-order valence-corrected chi connectivity index (χ2v) is 6.20. The van der Waals surface area contributed by atoms with Gasteiger partial charge in [-0.3, -0.25) is 0 Å². The predicted molar refractivity (Wildman–Crippen MR) is 93.0 cm³/mol. The van der Waals surface area contributed by atoms with E-state index in [1.807, 2.05) is 0 Å². The molecular formula is C20H24O2. The van der Waals surface area contributed by atoms with Crippen LogP contribution in [0, 0.1) is 20.8 Å². The van der Waals surface area contributed by atoms with Gasteiger partial charge in [-0.25, -0.2) is 0 Å². The normalized spacial score (nSPS) is 11.5. The minimum atomic E-state index is 0.786. The highest BCUT2D eigenvalue weighted by molar-refractivity contribution is 6.06. The summed E-state index contributed by atoms with van der Waals surface area (Å²) in [6.07, 6.45) is 3.54. The monoisotopic (exact) mass is 296 g/mol. The lowest BCUT2D eigenvalue weighted by molar-refractivity contribution is 0.304. The summed E-state index contributed by atoms with van der Waals surface area (Å²) >= 11 is 0. The molecule has 1 aromatic heterocycles. The third kappa shape index (κ3) is 2.70. The Morgan fingerprint density at radius 3 is 2.18 bits per heavy atom. The van der Waals surface area contributed by atoms with Crippen molar-refractivity contribution in [2.45, 2.75) is 47.0 Å². The Labute approximate surface area is 132 Å². The molecule has 22 heavy (non-hydrogen) atoms. The summed E-state index contributed by atoms with van der Waals surface area (Å²) in [4.78, 5) is 0. The number of hydrogen-bond donors (Lipinski definition) is 0. The SMILES string of the molecule is CCCCCOc1cc2c(cc1C)oc1cc(C)c(C)cc12. The van der Waals surface area contributed by atoms with E-state index >= 15 is 0 Å². The first-order chi connectivity index (χ1) is 10.6. The molecule has 0 saturated heterocycles. The van der Waals surface area contributed by atoms with Crippen LogP contribution >= 0.6 is 0 Å². The van der Waals surface area contributed by atoms with Crippen molar-refractivity contribution in [3.8, 4) is 5.75 Å². The average molecular weight is 296 g/mol. The highest BCUT2D eigenvalue weighted by Crippen LogP contribution is 2.35. The molecule has 0 spiro atoms. The maximum absolute atomic E-state index is 6.01. The van der Waals surface area contributed by atoms with Crippen molar-refractivity contribution in [1.82, 2.24) is 0 Å². The lowest BCUT2D eigenvalue weighted by atomic mass is 10.0. The quantitative estimate of drug-likeness (QED) is 0.532. The maximum atomic E-state index is 6.01. The number of unbranched alkanes of at least 4 members (excludes halogenated alkanes) is 2. The Bertz CT molecular complexity index is 812. The van der Waals surface area contributed by atoms with Crippen LogP contribution in [0.2, 0.25) is 0 Å². The molecule has 2 nitrogen and oxygen atoms in total. The molecule has 0 unspecified atom stereocenters. The van der Waals surface area contributed by atoms with Crippen LogP contribution in [-0.4, -0.2) is 6.61 Å². The van der Waals surface area contributed by atoms with E-state index in [4.69, 9.17) is 9.15 Å². The van der Waals surface area contributed by atoms with Crippen molar-refractivity contribution in [3.63, 3.8) is 0 Å². The molecule has 0 atom stereocenters. The molecule has 0 fully saturated rings. The van der Waals surface area contributed by atoms with E-state index in [0.29, 0.717) is 0 Å². The summed E-state index contributed by atoms with van der Waals surface area (Å²) in [6.45, 7) is 9.34. The Morgan fingerprint density at radius 1 is 0.818 bits per heavy atom. The highest BCUT2D eigenvalue weighted by Gasteiger charge is 2.12. The van der Waals surface area contributed by atoms with E-state index in [1.54, 1.807) is 0 Å². The minimum Gasteiger partial charge on any atom is -0.493 e. The lowest BCUT2D eigenvalue weighted by Gasteiger charge is -2.09. The van der Waals surface area contributed by atoms with Gasteiger partial charge in [0.25, 0.3) is 0 Å². The molecule has 2 heteroatoms. The summed E-state index contributed by atoms with van der Waals surface area (Å²) in [5.41, 5.74) is 5.59. The van der Waals surface area contributed by atoms with Crippen LogP contribution in [0.5, 0.6) is 5.75 Å². The van der Waals surface area contributed by atoms with Gasteiger partial charge < -0.3 is 9.15 Å². The molecule has 0 aliphatic heterocycles. The van der Waals surface area contributed by atoms with Gasteiger partial charge in [-0.15, -0.1) is 0 Å². The topological polar surface area (TPSA) is 22.4 Å². The average Bonchev–Trinajstić information content (AvgIpc) is 2.80. The summed E-state index contributed by atoms with van der Waals surface area (Å²) in [5, 5.41) is 2.32. The van der Waals surface area contributed by atoms with Crippen LogP contribution in [0.15, 0.2) is 28.7 Å². The van der Waals surface area contributed by atoms with Gasteiger partial charge in [-0.1, -0.05) is 19.8 Å². The Morgan fingerprint density at radius 2 is 1.45 bits per heavy atom. The van der Waals surface area contributed by atoms with Crippen LogP contribution in [-0.2, 0) is 0 Å². The molecule has 3 aromatic rings. The second kappa shape index (κ2) is 6.04. The molecule has 0 saturated carbocycles. The molecule has 2 aromatic carbocycles. The molecular weight excluding hydrogens is 272 g/mol. The third-order valence-corrected chi connectivity index (χ3v) is 4.39. The highest BCUT2D eigenvalue weighted by atomic mass is 16.5. The van der Waals surface area contributed by atoms with E-state index < -0.39 is 0 Å². The van der Waals surface area contributed by atoms with Gasteiger partial charge >= 0.3 is 0 Å². The number of aryl methyl sites for hydroxylation is 3. The molecule has 3 rings (SSSR count). The molecule has 0 amide bonds. The first kappa shape index (κ1) is 15.0. The number of furan rings is 1. The second-order valence-electron chi connectivity index (χ2n) is 6.20. The molecule has 116 valence electrons. The smallest absolute Gasteiger partial charge is 0.135 e. The van der Waals surface area contributed by atoms with Gasteiger partial charge in [0, 0.05) is 10.8 Å². The Balaban J connectivity index is 2.02. The van der Waals surface area contributed by atoms with Gasteiger partial charge in [0.15, 0.2) is 0 Å². The fourth-order valence-electron chi connectivity index (χ4n) is 2.85. The van der Waals surface area contributed by atoms with Crippen LogP contribution in [0.1, 0.15) is 42.9 Å². The first-order valence-corrected chi connectivity index (χ1v) is 8.17. The standard InChI is InChI=1S/C20H24O2/c1-5-6-7-8-21-18-12-17-16-9-13(2)14(3)10-19(16)22-20(17)11-15(18)4/h9-12H,5-8H2,1-4H3. The number of benzene rings is 2. The Kier molecular flexibility index (Phi) is 4.10. The number of rotatable bonds is 5. The molecule has 0 aliphatic rings. The van der Waals surface area contributed by atoms with Crippen molar-refractivity contribution in [1.29, 1.82) is 0 Å². The summed E-state index contributed by atoms with van der Waals surface area (Å²) in [6, 6.07) is 8.57. The molecule has 0 N–H and O–H groups in total. The summed E-state index contributed by atoms with van der Waals surface area (Å²) < 4.78 is 12.0. The zero-order valence-corrected chi connectivity index (χ0v) is 14.0. The largest absolute Gasteiger partial charge is 0.493 e. The predicted octanol–water partition coefficient (Wildman–Crippen LogP) is 6.08. The zero-order valence-electron chi connectivity index (χ0n) is 14.0. The van der Waals surface area contributed by atoms with Gasteiger partial charge in [0.1, 0.15) is 16.9 Å². The maximum Gasteiger partial charge on any atom is 0.135 e. The minimum absolute atomic E-state index is 0.786. The van der Waals surface area contributed by atoms with Crippen molar-refractivity contribution in [3.05, 3.63) is 41.0 Å². The molecule has 0 aliphatic carbocycles. The van der Waals surface area contributed by atoms with Gasteiger partial charge in [-0.2, -0.15) is 0 Å². The van der Waals surface area contributed by atoms with Crippen LogP contribution in [0.4, 0.5) is 0 Å². The number of hydrogen-bond acceptors (Lipinski definition) is 2. The number of ether oxygens (including phenoxy) is 1. The van der Waals surface area contributed by atoms with E-state index in [9.17, 15) is 0 Å². The van der Waals surface area contributed by atoms with Crippen molar-refractivity contribution in [2.24, 2.45) is 0 Å². The van der Waals surface area contributed by atoms with Crippen LogP contribution in [0.3, 0.4) is 0 Å². The molecule has 0 bridgehead atoms. The molecule has 0 radical (unpaired) electrons. The van der Waals surface area contributed by atoms with Gasteiger partial charge in [-0.05, 0) is 68.1 Å². The summed E-state index contributed by atoms with van der Waals surface area (Å²) in [5.74, 6) is 0.976. The summed E-state index contributed by atoms with van der Waals surface area (Å²) in [7, 11) is 0. The van der Waals surface area contributed by atoms with Crippen molar-refractivity contribution < 1.29 is 9.15 Å². The third-order valence-electron chi connectivity index (χ3n) is 4.39. The van der Waals surface area contributed by atoms with E-state index in [-0.39, 0.29) is 0 Å². The lowest BCUT2D eigenvalue weighted by Crippen LogP contribution is -1.98. The molecule has 1 heterocycles. The van der Waals surface area contributed by atoms with Gasteiger partial charge in [0.2, 0.25) is 0 Å². The fraction of sp³-hybridized carbons (Fsp3) is 0.400. The van der Waals surface area contributed by atoms with Crippen molar-refractivity contribution >= 4 is 21.9 Å². The van der Waals surface area contributed by atoms with E-state index in [1.165, 1.54) is 29.4 Å². The van der Waals surface area contributed by atoms with E-state index in [0.717, 1.165) is 40.9 Å². The zero-order chi connectivity index (χ0) is 15.7. The fourth-order valence-corrected chi connectivity index (χ4v) is 2.85. The van der Waals surface area contributed by atoms with Crippen molar-refractivity contribution in [2.75, 3.05) is 6.61 Å².